The zero-order valence-electron chi connectivity index (χ0n) is 15.9. The molecule has 5 nitrogen and oxygen atoms in total. The lowest BCUT2D eigenvalue weighted by Gasteiger charge is -2.34. The minimum Gasteiger partial charge on any atom is -0.352 e. The lowest BCUT2D eigenvalue weighted by Crippen LogP contribution is -2.50. The van der Waals surface area contributed by atoms with Crippen molar-refractivity contribution in [2.24, 2.45) is 0 Å². The SMILES string of the molecule is CCC(CN1CCN(C)CC1)NC(=O)Cc1csc(-c2ccccc2F)n1. The summed E-state index contributed by atoms with van der Waals surface area (Å²) in [5, 5.41) is 5.58. The molecule has 1 amide bonds. The standard InChI is InChI=1S/C20H27FN4OS/c1-3-15(13-25-10-8-24(2)9-11-25)22-19(26)12-16-14-27-20(23-16)17-6-4-5-7-18(17)21/h4-7,14-15H,3,8-13H2,1-2H3,(H,22,26). The monoisotopic (exact) mass is 390 g/mol. The van der Waals surface area contributed by atoms with Gasteiger partial charge >= 0.3 is 0 Å². The van der Waals surface area contributed by atoms with Crippen molar-refractivity contribution in [3.8, 4) is 10.6 Å². The van der Waals surface area contributed by atoms with E-state index in [9.17, 15) is 9.18 Å². The highest BCUT2D eigenvalue weighted by Gasteiger charge is 2.19. The first-order valence-electron chi connectivity index (χ1n) is 9.44. The Bertz CT molecular complexity index is 758. The number of piperazine rings is 1. The predicted octanol–water partition coefficient (Wildman–Crippen LogP) is 2.63. The molecule has 1 fully saturated rings. The Labute approximate surface area is 164 Å². The van der Waals surface area contributed by atoms with Crippen molar-refractivity contribution in [2.75, 3.05) is 39.8 Å². The van der Waals surface area contributed by atoms with Gasteiger partial charge in [0, 0.05) is 49.7 Å². The van der Waals surface area contributed by atoms with Crippen LogP contribution in [-0.4, -0.2) is 66.5 Å². The first kappa shape index (κ1) is 19.9. The van der Waals surface area contributed by atoms with Gasteiger partial charge in [0.1, 0.15) is 10.8 Å². The molecule has 0 bridgehead atoms. The van der Waals surface area contributed by atoms with Gasteiger partial charge in [-0.05, 0) is 25.6 Å². The van der Waals surface area contributed by atoms with Crippen LogP contribution in [0, 0.1) is 5.82 Å². The Morgan fingerprint density at radius 2 is 2.04 bits per heavy atom. The highest BCUT2D eigenvalue weighted by Crippen LogP contribution is 2.26. The fourth-order valence-corrected chi connectivity index (χ4v) is 4.05. The molecule has 0 spiro atoms. The Morgan fingerprint density at radius 3 is 2.74 bits per heavy atom. The van der Waals surface area contributed by atoms with E-state index in [1.807, 2.05) is 5.38 Å². The Morgan fingerprint density at radius 1 is 1.30 bits per heavy atom. The zero-order chi connectivity index (χ0) is 19.2. The van der Waals surface area contributed by atoms with Crippen molar-refractivity contribution in [3.05, 3.63) is 41.2 Å². The van der Waals surface area contributed by atoms with Gasteiger partial charge in [-0.15, -0.1) is 11.3 Å². The second kappa shape index (κ2) is 9.39. The molecular weight excluding hydrogens is 363 g/mol. The Hall–Kier alpha value is -1.83. The molecule has 2 aromatic rings. The van der Waals surface area contributed by atoms with Crippen molar-refractivity contribution >= 4 is 17.2 Å². The van der Waals surface area contributed by atoms with Crippen LogP contribution in [0.25, 0.3) is 10.6 Å². The van der Waals surface area contributed by atoms with Crippen LogP contribution in [0.2, 0.25) is 0 Å². The summed E-state index contributed by atoms with van der Waals surface area (Å²) in [5.74, 6) is -0.317. The number of aromatic nitrogens is 1. The summed E-state index contributed by atoms with van der Waals surface area (Å²) in [6.45, 7) is 7.21. The summed E-state index contributed by atoms with van der Waals surface area (Å²) >= 11 is 1.37. The number of thiazole rings is 1. The molecule has 1 unspecified atom stereocenters. The van der Waals surface area contributed by atoms with Crippen molar-refractivity contribution in [3.63, 3.8) is 0 Å². The van der Waals surface area contributed by atoms with E-state index in [0.717, 1.165) is 39.1 Å². The molecule has 27 heavy (non-hydrogen) atoms. The number of benzene rings is 1. The normalized spacial score (nSPS) is 17.0. The summed E-state index contributed by atoms with van der Waals surface area (Å²) in [6, 6.07) is 6.72. The van der Waals surface area contributed by atoms with Gasteiger partial charge in [-0.2, -0.15) is 0 Å². The van der Waals surface area contributed by atoms with E-state index in [1.165, 1.54) is 17.4 Å². The number of nitrogens with one attached hydrogen (secondary N) is 1. The number of nitrogens with zero attached hydrogens (tertiary/aromatic N) is 3. The van der Waals surface area contributed by atoms with E-state index in [4.69, 9.17) is 0 Å². The van der Waals surface area contributed by atoms with Crippen LogP contribution in [-0.2, 0) is 11.2 Å². The summed E-state index contributed by atoms with van der Waals surface area (Å²) in [5.41, 5.74) is 1.17. The second-order valence-corrected chi connectivity index (χ2v) is 7.94. The third-order valence-electron chi connectivity index (χ3n) is 4.93. The lowest BCUT2D eigenvalue weighted by molar-refractivity contribution is -0.121. The van der Waals surface area contributed by atoms with Gasteiger partial charge < -0.3 is 10.2 Å². The van der Waals surface area contributed by atoms with Gasteiger partial charge in [0.2, 0.25) is 5.91 Å². The van der Waals surface area contributed by atoms with Crippen molar-refractivity contribution in [1.82, 2.24) is 20.1 Å². The minimum atomic E-state index is -0.291. The van der Waals surface area contributed by atoms with Gasteiger partial charge in [0.25, 0.3) is 0 Å². The highest BCUT2D eigenvalue weighted by molar-refractivity contribution is 7.13. The fourth-order valence-electron chi connectivity index (χ4n) is 3.21. The topological polar surface area (TPSA) is 48.5 Å². The van der Waals surface area contributed by atoms with Crippen LogP contribution in [0.3, 0.4) is 0 Å². The van der Waals surface area contributed by atoms with Crippen molar-refractivity contribution in [1.29, 1.82) is 0 Å². The zero-order valence-corrected chi connectivity index (χ0v) is 16.8. The maximum atomic E-state index is 13.9. The maximum absolute atomic E-state index is 13.9. The quantitative estimate of drug-likeness (QED) is 0.790. The number of amides is 1. The Kier molecular flexibility index (Phi) is 6.93. The van der Waals surface area contributed by atoms with Crippen LogP contribution < -0.4 is 5.32 Å². The van der Waals surface area contributed by atoms with Crippen molar-refractivity contribution in [2.45, 2.75) is 25.8 Å². The summed E-state index contributed by atoms with van der Waals surface area (Å²) in [4.78, 5) is 21.6. The van der Waals surface area contributed by atoms with E-state index < -0.39 is 0 Å². The first-order chi connectivity index (χ1) is 13.0. The molecule has 146 valence electrons. The molecule has 1 atom stereocenters. The van der Waals surface area contributed by atoms with Gasteiger partial charge in [-0.1, -0.05) is 19.1 Å². The molecule has 2 heterocycles. The molecule has 1 aliphatic rings. The van der Waals surface area contributed by atoms with Gasteiger partial charge in [0.05, 0.1) is 12.1 Å². The summed E-state index contributed by atoms with van der Waals surface area (Å²) < 4.78 is 13.9. The molecule has 0 aliphatic carbocycles. The van der Waals surface area contributed by atoms with Crippen LogP contribution in [0.15, 0.2) is 29.6 Å². The largest absolute Gasteiger partial charge is 0.352 e. The molecular formula is C20H27FN4OS. The molecule has 0 saturated carbocycles. The van der Waals surface area contributed by atoms with E-state index in [1.54, 1.807) is 18.2 Å². The molecule has 1 N–H and O–H groups in total. The molecule has 1 aliphatic heterocycles. The van der Waals surface area contributed by atoms with Crippen LogP contribution >= 0.6 is 11.3 Å². The lowest BCUT2D eigenvalue weighted by atomic mass is 10.1. The third-order valence-corrected chi connectivity index (χ3v) is 5.85. The minimum absolute atomic E-state index is 0.0265. The van der Waals surface area contributed by atoms with Gasteiger partial charge in [-0.3, -0.25) is 9.69 Å². The number of likely N-dealkylation sites (N-methyl/N-ethyl adjacent to an activating group) is 1. The second-order valence-electron chi connectivity index (χ2n) is 7.08. The predicted molar refractivity (Wildman–Crippen MR) is 107 cm³/mol. The van der Waals surface area contributed by atoms with Crippen LogP contribution in [0.5, 0.6) is 0 Å². The average molecular weight is 391 g/mol. The van der Waals surface area contributed by atoms with E-state index >= 15 is 0 Å². The molecule has 0 radical (unpaired) electrons. The molecule has 3 rings (SSSR count). The van der Waals surface area contributed by atoms with E-state index in [0.29, 0.717) is 16.3 Å². The van der Waals surface area contributed by atoms with Crippen LogP contribution in [0.1, 0.15) is 19.0 Å². The number of halogens is 1. The number of rotatable bonds is 7. The smallest absolute Gasteiger partial charge is 0.226 e. The number of carbonyl (C=O) groups is 1. The van der Waals surface area contributed by atoms with Crippen molar-refractivity contribution < 1.29 is 9.18 Å². The Balaban J connectivity index is 1.53. The van der Waals surface area contributed by atoms with Gasteiger partial charge in [-0.25, -0.2) is 9.37 Å². The highest BCUT2D eigenvalue weighted by atomic mass is 32.1. The number of hydrogen-bond acceptors (Lipinski definition) is 5. The summed E-state index contributed by atoms with van der Waals surface area (Å²) in [7, 11) is 2.14. The number of carbonyl (C=O) groups excluding carboxylic acids is 1. The fraction of sp³-hybridized carbons (Fsp3) is 0.500. The molecule has 1 aromatic heterocycles. The van der Waals surface area contributed by atoms with Crippen LogP contribution in [0.4, 0.5) is 4.39 Å². The van der Waals surface area contributed by atoms with Gasteiger partial charge in [0.15, 0.2) is 0 Å². The van der Waals surface area contributed by atoms with E-state index in [-0.39, 0.29) is 24.2 Å². The third kappa shape index (κ3) is 5.57. The average Bonchev–Trinajstić information content (AvgIpc) is 3.11. The first-order valence-corrected chi connectivity index (χ1v) is 10.3. The molecule has 7 heteroatoms. The summed E-state index contributed by atoms with van der Waals surface area (Å²) in [6.07, 6.45) is 1.12. The van der Waals surface area contributed by atoms with E-state index in [2.05, 4.69) is 34.1 Å². The molecule has 1 aromatic carbocycles. The maximum Gasteiger partial charge on any atom is 0.226 e. The molecule has 1 saturated heterocycles. The number of hydrogen-bond donors (Lipinski definition) is 1.